The van der Waals surface area contributed by atoms with Gasteiger partial charge in [-0.3, -0.25) is 10.1 Å². The number of nitro groups is 1. The lowest BCUT2D eigenvalue weighted by Crippen LogP contribution is -2.54. The molecule has 2 aromatic carbocycles. The fraction of sp³-hybridized carbons (Fsp3) is 0.294. The van der Waals surface area contributed by atoms with Crippen LogP contribution in [0.3, 0.4) is 0 Å². The van der Waals surface area contributed by atoms with E-state index in [1.54, 1.807) is 36.4 Å². The summed E-state index contributed by atoms with van der Waals surface area (Å²) in [6.07, 6.45) is 0. The fourth-order valence-corrected chi connectivity index (χ4v) is 5.04. The number of nitrogens with zero attached hydrogens (tertiary/aromatic N) is 3. The predicted molar refractivity (Wildman–Crippen MR) is 100 cm³/mol. The number of non-ortho nitro benzene ring substituents is 1. The van der Waals surface area contributed by atoms with Gasteiger partial charge >= 0.3 is 0 Å². The van der Waals surface area contributed by atoms with E-state index in [2.05, 4.69) is 0 Å². The van der Waals surface area contributed by atoms with Gasteiger partial charge < -0.3 is 4.90 Å². The van der Waals surface area contributed by atoms with Crippen molar-refractivity contribution >= 4 is 33.0 Å². The van der Waals surface area contributed by atoms with E-state index in [1.165, 1.54) is 16.4 Å². The van der Waals surface area contributed by atoms with Gasteiger partial charge in [0.15, 0.2) is 0 Å². The fourth-order valence-electron chi connectivity index (χ4n) is 3.11. The maximum atomic E-state index is 12.8. The lowest BCUT2D eigenvalue weighted by molar-refractivity contribution is -0.384. The average Bonchev–Trinajstić information content (AvgIpc) is 2.62. The summed E-state index contributed by atoms with van der Waals surface area (Å²) in [7, 11) is -3.56. The quantitative estimate of drug-likeness (QED) is 0.586. The van der Waals surface area contributed by atoms with Gasteiger partial charge in [-0.15, -0.1) is 0 Å². The molecule has 1 aliphatic heterocycles. The van der Waals surface area contributed by atoms with E-state index in [0.717, 1.165) is 0 Å². The van der Waals surface area contributed by atoms with Gasteiger partial charge in [-0.2, -0.15) is 4.31 Å². The monoisotopic (exact) mass is 395 g/mol. The molecule has 0 amide bonds. The number of hydrogen-bond donors (Lipinski definition) is 0. The van der Waals surface area contributed by atoms with Gasteiger partial charge in [0, 0.05) is 37.8 Å². The summed E-state index contributed by atoms with van der Waals surface area (Å²) in [5.41, 5.74) is 0.595. The van der Waals surface area contributed by atoms with E-state index in [9.17, 15) is 18.5 Å². The second kappa shape index (κ2) is 7.22. The molecule has 0 aromatic heterocycles. The summed E-state index contributed by atoms with van der Waals surface area (Å²) in [6, 6.07) is 12.4. The molecule has 0 unspecified atom stereocenters. The predicted octanol–water partition coefficient (Wildman–Crippen LogP) is 3.15. The van der Waals surface area contributed by atoms with Crippen molar-refractivity contribution in [1.82, 2.24) is 4.31 Å². The normalized spacial score (nSPS) is 18.7. The molecule has 1 atom stereocenters. The van der Waals surface area contributed by atoms with Gasteiger partial charge in [-0.25, -0.2) is 8.42 Å². The molecule has 1 heterocycles. The standard InChI is InChI=1S/C17H18ClN3O4S/c1-13-12-19(17-8-7-14(21(22)23)11-16(17)18)9-10-20(13)26(24,25)15-5-3-2-4-6-15/h2-8,11,13H,9-10,12H2,1H3/t13-/m0/s1. The van der Waals surface area contributed by atoms with Crippen molar-refractivity contribution in [3.63, 3.8) is 0 Å². The molecule has 26 heavy (non-hydrogen) atoms. The third kappa shape index (κ3) is 3.53. The number of hydrogen-bond acceptors (Lipinski definition) is 5. The maximum absolute atomic E-state index is 12.8. The molecule has 9 heteroatoms. The van der Waals surface area contributed by atoms with Crippen molar-refractivity contribution in [2.24, 2.45) is 0 Å². The third-order valence-corrected chi connectivity index (χ3v) is 6.73. The zero-order valence-electron chi connectivity index (χ0n) is 14.1. The van der Waals surface area contributed by atoms with Crippen LogP contribution < -0.4 is 4.90 Å². The molecule has 0 N–H and O–H groups in total. The highest BCUT2D eigenvalue weighted by molar-refractivity contribution is 7.89. The Labute approximate surface area is 157 Å². The molecule has 0 saturated carbocycles. The molecule has 0 bridgehead atoms. The Kier molecular flexibility index (Phi) is 5.17. The Balaban J connectivity index is 1.80. The van der Waals surface area contributed by atoms with E-state index in [4.69, 9.17) is 11.6 Å². The minimum Gasteiger partial charge on any atom is -0.367 e. The van der Waals surface area contributed by atoms with Crippen LogP contribution in [0.1, 0.15) is 6.92 Å². The Morgan fingerprint density at radius 3 is 2.42 bits per heavy atom. The summed E-state index contributed by atoms with van der Waals surface area (Å²) in [5, 5.41) is 11.1. The first-order valence-electron chi connectivity index (χ1n) is 8.06. The lowest BCUT2D eigenvalue weighted by Gasteiger charge is -2.40. The molecule has 0 aliphatic carbocycles. The molecule has 1 fully saturated rings. The van der Waals surface area contributed by atoms with Crippen molar-refractivity contribution in [2.45, 2.75) is 17.9 Å². The van der Waals surface area contributed by atoms with E-state index < -0.39 is 14.9 Å². The largest absolute Gasteiger partial charge is 0.367 e. The number of piperazine rings is 1. The smallest absolute Gasteiger partial charge is 0.271 e. The highest BCUT2D eigenvalue weighted by atomic mass is 35.5. The first kappa shape index (κ1) is 18.6. The van der Waals surface area contributed by atoms with Gasteiger partial charge in [0.05, 0.1) is 20.5 Å². The van der Waals surface area contributed by atoms with E-state index >= 15 is 0 Å². The molecule has 2 aromatic rings. The zero-order valence-corrected chi connectivity index (χ0v) is 15.7. The zero-order chi connectivity index (χ0) is 18.9. The molecular formula is C17H18ClN3O4S. The summed E-state index contributed by atoms with van der Waals surface area (Å²) in [4.78, 5) is 12.6. The Morgan fingerprint density at radius 2 is 1.85 bits per heavy atom. The van der Waals surface area contributed by atoms with E-state index in [0.29, 0.717) is 25.3 Å². The summed E-state index contributed by atoms with van der Waals surface area (Å²) >= 11 is 6.20. The number of sulfonamides is 1. The van der Waals surface area contributed by atoms with Crippen LogP contribution >= 0.6 is 11.6 Å². The van der Waals surface area contributed by atoms with Gasteiger partial charge in [-0.05, 0) is 25.1 Å². The molecule has 7 nitrogen and oxygen atoms in total. The highest BCUT2D eigenvalue weighted by Crippen LogP contribution is 2.32. The van der Waals surface area contributed by atoms with Gasteiger partial charge in [-0.1, -0.05) is 29.8 Å². The first-order valence-corrected chi connectivity index (χ1v) is 9.88. The van der Waals surface area contributed by atoms with Crippen molar-refractivity contribution < 1.29 is 13.3 Å². The Hall–Kier alpha value is -2.16. The second-order valence-corrected chi connectivity index (χ2v) is 8.41. The Morgan fingerprint density at radius 1 is 1.15 bits per heavy atom. The van der Waals surface area contributed by atoms with Crippen molar-refractivity contribution in [1.29, 1.82) is 0 Å². The number of rotatable bonds is 4. The SMILES string of the molecule is C[C@H]1CN(c2ccc([N+](=O)[O-])cc2Cl)CCN1S(=O)(=O)c1ccccc1. The molecule has 1 saturated heterocycles. The van der Waals surface area contributed by atoms with Crippen LogP contribution in [0.4, 0.5) is 11.4 Å². The summed E-state index contributed by atoms with van der Waals surface area (Å²) in [6.45, 7) is 3.05. The molecule has 3 rings (SSSR count). The lowest BCUT2D eigenvalue weighted by atomic mass is 10.2. The summed E-state index contributed by atoms with van der Waals surface area (Å²) in [5.74, 6) is 0. The minimum atomic E-state index is -3.56. The number of benzene rings is 2. The highest BCUT2D eigenvalue weighted by Gasteiger charge is 2.34. The van der Waals surface area contributed by atoms with Crippen molar-refractivity contribution in [3.05, 3.63) is 63.7 Å². The summed E-state index contributed by atoms with van der Waals surface area (Å²) < 4.78 is 27.2. The van der Waals surface area contributed by atoms with Crippen LogP contribution in [0, 0.1) is 10.1 Å². The molecule has 0 radical (unpaired) electrons. The first-order chi connectivity index (χ1) is 12.3. The van der Waals surface area contributed by atoms with Crippen molar-refractivity contribution in [2.75, 3.05) is 24.5 Å². The molecule has 1 aliphatic rings. The van der Waals surface area contributed by atoms with Gasteiger partial charge in [0.2, 0.25) is 10.0 Å². The van der Waals surface area contributed by atoms with Gasteiger partial charge in [0.1, 0.15) is 0 Å². The number of nitro benzene ring substituents is 1. The van der Waals surface area contributed by atoms with Crippen LogP contribution in [0.15, 0.2) is 53.4 Å². The Bertz CT molecular complexity index is 921. The number of halogens is 1. The van der Waals surface area contributed by atoms with Crippen LogP contribution in [0.2, 0.25) is 5.02 Å². The molecule has 0 spiro atoms. The van der Waals surface area contributed by atoms with Crippen LogP contribution in [-0.4, -0.2) is 43.3 Å². The van der Waals surface area contributed by atoms with E-state index in [-0.39, 0.29) is 21.6 Å². The average molecular weight is 396 g/mol. The number of anilines is 1. The maximum Gasteiger partial charge on any atom is 0.271 e. The molecular weight excluding hydrogens is 378 g/mol. The van der Waals surface area contributed by atoms with Crippen LogP contribution in [0.5, 0.6) is 0 Å². The minimum absolute atomic E-state index is 0.0721. The molecule has 138 valence electrons. The van der Waals surface area contributed by atoms with Crippen molar-refractivity contribution in [3.8, 4) is 0 Å². The third-order valence-electron chi connectivity index (χ3n) is 4.40. The van der Waals surface area contributed by atoms with Gasteiger partial charge in [0.25, 0.3) is 5.69 Å². The second-order valence-electron chi connectivity index (χ2n) is 6.12. The van der Waals surface area contributed by atoms with E-state index in [1.807, 2.05) is 11.8 Å². The van der Waals surface area contributed by atoms with Crippen LogP contribution in [-0.2, 0) is 10.0 Å². The topological polar surface area (TPSA) is 83.8 Å². The van der Waals surface area contributed by atoms with Crippen LogP contribution in [0.25, 0.3) is 0 Å².